The summed E-state index contributed by atoms with van der Waals surface area (Å²) < 4.78 is 51.1. The number of halogens is 1. The zero-order valence-electron chi connectivity index (χ0n) is 21.4. The highest BCUT2D eigenvalue weighted by atomic mass is 32.2. The molecule has 1 aliphatic heterocycles. The van der Waals surface area contributed by atoms with Gasteiger partial charge in [0.15, 0.2) is 0 Å². The number of hydrogen-bond donors (Lipinski definition) is 1. The van der Waals surface area contributed by atoms with Gasteiger partial charge in [0, 0.05) is 18.8 Å². The number of anilines is 1. The van der Waals surface area contributed by atoms with E-state index in [0.29, 0.717) is 17.2 Å². The topological polar surface area (TPSA) is 102 Å². The average molecular weight is 537 g/mol. The summed E-state index contributed by atoms with van der Waals surface area (Å²) in [6.45, 7) is 3.92. The normalized spacial score (nSPS) is 14.9. The Morgan fingerprint density at radius 2 is 1.74 bits per heavy atom. The Hall–Kier alpha value is -3.83. The molecule has 0 bridgehead atoms. The van der Waals surface area contributed by atoms with Crippen molar-refractivity contribution >= 4 is 16.0 Å². The van der Waals surface area contributed by atoms with Crippen molar-refractivity contribution in [2.75, 3.05) is 24.9 Å². The van der Waals surface area contributed by atoms with Crippen LogP contribution >= 0.6 is 0 Å². The average Bonchev–Trinajstić information content (AvgIpc) is 3.34. The molecular weight excluding hydrogens is 507 g/mol. The van der Waals surface area contributed by atoms with Crippen molar-refractivity contribution in [2.24, 2.45) is 7.05 Å². The van der Waals surface area contributed by atoms with Gasteiger partial charge in [-0.05, 0) is 69.1 Å². The number of benzene rings is 2. The molecule has 38 heavy (non-hydrogen) atoms. The van der Waals surface area contributed by atoms with Crippen LogP contribution in [0.1, 0.15) is 29.9 Å². The first-order valence-electron chi connectivity index (χ1n) is 12.3. The minimum Gasteiger partial charge on any atom is -0.436 e. The third-order valence-electron chi connectivity index (χ3n) is 6.72. The Morgan fingerprint density at radius 1 is 1.03 bits per heavy atom. The smallest absolute Gasteiger partial charge is 0.267 e. The summed E-state index contributed by atoms with van der Waals surface area (Å²) in [6.07, 6.45) is 4.71. The number of rotatable bonds is 7. The molecule has 2 aromatic heterocycles. The predicted octanol–water partition coefficient (Wildman–Crippen LogP) is 4.73. The van der Waals surface area contributed by atoms with Gasteiger partial charge in [0.2, 0.25) is 11.8 Å². The highest BCUT2D eigenvalue weighted by Gasteiger charge is 2.24. The lowest BCUT2D eigenvalue weighted by Crippen LogP contribution is -2.29. The SMILES string of the molecule is Cc1ccccc1-c1nc(NS(=O)(=O)c2cnn(C)c2)nc(Oc2ccc(C3CCN(C)CC3)cc2)c1F. The van der Waals surface area contributed by atoms with Crippen molar-refractivity contribution in [3.63, 3.8) is 0 Å². The van der Waals surface area contributed by atoms with E-state index in [0.717, 1.165) is 31.5 Å². The summed E-state index contributed by atoms with van der Waals surface area (Å²) >= 11 is 0. The van der Waals surface area contributed by atoms with E-state index in [1.54, 1.807) is 31.3 Å². The van der Waals surface area contributed by atoms with Crippen molar-refractivity contribution in [3.05, 3.63) is 77.9 Å². The molecule has 11 heteroatoms. The summed E-state index contributed by atoms with van der Waals surface area (Å²) in [5.74, 6) is -0.628. The van der Waals surface area contributed by atoms with Gasteiger partial charge < -0.3 is 9.64 Å². The fourth-order valence-electron chi connectivity index (χ4n) is 4.54. The first kappa shape index (κ1) is 25.8. The van der Waals surface area contributed by atoms with Crippen molar-refractivity contribution in [2.45, 2.75) is 30.6 Å². The maximum Gasteiger partial charge on any atom is 0.267 e. The lowest BCUT2D eigenvalue weighted by atomic mass is 9.90. The van der Waals surface area contributed by atoms with Crippen LogP contribution in [0.15, 0.2) is 65.8 Å². The number of aromatic nitrogens is 4. The van der Waals surface area contributed by atoms with Crippen molar-refractivity contribution in [3.8, 4) is 22.9 Å². The highest BCUT2D eigenvalue weighted by Crippen LogP contribution is 2.34. The van der Waals surface area contributed by atoms with Gasteiger partial charge in [-0.2, -0.15) is 14.5 Å². The predicted molar refractivity (Wildman–Crippen MR) is 142 cm³/mol. The van der Waals surface area contributed by atoms with E-state index in [9.17, 15) is 8.42 Å². The van der Waals surface area contributed by atoms with Crippen LogP contribution in [0.2, 0.25) is 0 Å². The molecule has 0 aliphatic carbocycles. The number of piperidine rings is 1. The zero-order chi connectivity index (χ0) is 26.9. The first-order valence-corrected chi connectivity index (χ1v) is 13.8. The molecule has 198 valence electrons. The molecule has 1 N–H and O–H groups in total. The van der Waals surface area contributed by atoms with Crippen molar-refractivity contribution < 1.29 is 17.5 Å². The second-order valence-corrected chi connectivity index (χ2v) is 11.2. The van der Waals surface area contributed by atoms with E-state index < -0.39 is 15.8 Å². The van der Waals surface area contributed by atoms with E-state index in [1.165, 1.54) is 22.6 Å². The summed E-state index contributed by atoms with van der Waals surface area (Å²) in [5, 5.41) is 3.90. The van der Waals surface area contributed by atoms with E-state index in [-0.39, 0.29) is 22.4 Å². The van der Waals surface area contributed by atoms with Gasteiger partial charge in [0.05, 0.1) is 6.20 Å². The van der Waals surface area contributed by atoms with Crippen LogP contribution < -0.4 is 9.46 Å². The summed E-state index contributed by atoms with van der Waals surface area (Å²) in [4.78, 5) is 10.6. The fourth-order valence-corrected chi connectivity index (χ4v) is 5.46. The Morgan fingerprint density at radius 3 is 2.39 bits per heavy atom. The fraction of sp³-hybridized carbons (Fsp3) is 0.296. The number of sulfonamides is 1. The maximum absolute atomic E-state index is 15.7. The molecule has 0 spiro atoms. The molecular formula is C27H29FN6O3S. The second-order valence-electron chi connectivity index (χ2n) is 9.53. The molecule has 0 amide bonds. The molecule has 1 aliphatic rings. The Bertz CT molecular complexity index is 1550. The van der Waals surface area contributed by atoms with Gasteiger partial charge in [0.25, 0.3) is 15.9 Å². The number of nitrogens with zero attached hydrogens (tertiary/aromatic N) is 5. The quantitative estimate of drug-likeness (QED) is 0.364. The van der Waals surface area contributed by atoms with Gasteiger partial charge in [-0.15, -0.1) is 0 Å². The van der Waals surface area contributed by atoms with Crippen LogP contribution in [-0.2, 0) is 17.1 Å². The van der Waals surface area contributed by atoms with Gasteiger partial charge in [-0.1, -0.05) is 36.4 Å². The molecule has 2 aromatic carbocycles. The largest absolute Gasteiger partial charge is 0.436 e. The maximum atomic E-state index is 15.7. The van der Waals surface area contributed by atoms with Crippen molar-refractivity contribution in [1.82, 2.24) is 24.6 Å². The third kappa shape index (κ3) is 5.53. The van der Waals surface area contributed by atoms with E-state index in [4.69, 9.17) is 4.74 Å². The number of ether oxygens (including phenoxy) is 1. The minimum absolute atomic E-state index is 0.0695. The molecule has 4 aromatic rings. The summed E-state index contributed by atoms with van der Waals surface area (Å²) in [6, 6.07) is 14.6. The van der Waals surface area contributed by atoms with Gasteiger partial charge in [-0.25, -0.2) is 18.1 Å². The monoisotopic (exact) mass is 536 g/mol. The summed E-state index contributed by atoms with van der Waals surface area (Å²) in [7, 11) is -0.336. The molecule has 5 rings (SSSR count). The molecule has 9 nitrogen and oxygen atoms in total. The second kappa shape index (κ2) is 10.5. The lowest BCUT2D eigenvalue weighted by Gasteiger charge is -2.29. The molecule has 0 atom stereocenters. The molecule has 3 heterocycles. The van der Waals surface area contributed by atoms with Gasteiger partial charge in [0.1, 0.15) is 16.3 Å². The lowest BCUT2D eigenvalue weighted by molar-refractivity contribution is 0.255. The molecule has 0 radical (unpaired) electrons. The first-order chi connectivity index (χ1) is 18.2. The van der Waals surface area contributed by atoms with E-state index in [1.807, 2.05) is 31.2 Å². The Kier molecular flexibility index (Phi) is 7.13. The number of likely N-dealkylation sites (tertiary alicyclic amines) is 1. The minimum atomic E-state index is -4.07. The highest BCUT2D eigenvalue weighted by molar-refractivity contribution is 7.92. The van der Waals surface area contributed by atoms with Crippen LogP contribution in [0.3, 0.4) is 0 Å². The van der Waals surface area contributed by atoms with Crippen LogP contribution in [0.25, 0.3) is 11.3 Å². The number of nitrogens with one attached hydrogen (secondary N) is 1. The summed E-state index contributed by atoms with van der Waals surface area (Å²) in [5.41, 5.74) is 2.40. The Balaban J connectivity index is 1.48. The zero-order valence-corrected chi connectivity index (χ0v) is 22.2. The van der Waals surface area contributed by atoms with E-state index >= 15 is 4.39 Å². The molecule has 1 saturated heterocycles. The number of aryl methyl sites for hydroxylation is 2. The van der Waals surface area contributed by atoms with Gasteiger partial charge in [-0.3, -0.25) is 4.68 Å². The van der Waals surface area contributed by atoms with Crippen LogP contribution in [0, 0.1) is 12.7 Å². The molecule has 1 fully saturated rings. The van der Waals surface area contributed by atoms with Crippen LogP contribution in [0.5, 0.6) is 11.6 Å². The van der Waals surface area contributed by atoms with Gasteiger partial charge >= 0.3 is 0 Å². The van der Waals surface area contributed by atoms with Crippen LogP contribution in [-0.4, -0.2) is 53.2 Å². The standard InChI is InChI=1S/C27H29FN6O3S/c1-18-6-4-5-7-23(18)25-24(28)26(31-27(30-25)32-38(35,36)22-16-29-34(3)17-22)37-21-10-8-19(9-11-21)20-12-14-33(2)15-13-20/h4-11,16-17,20H,12-15H2,1-3H3,(H,30,31,32). The molecule has 0 unspecified atom stereocenters. The van der Waals surface area contributed by atoms with E-state index in [2.05, 4.69) is 31.7 Å². The number of hydrogen-bond acceptors (Lipinski definition) is 7. The molecule has 0 saturated carbocycles. The third-order valence-corrected chi connectivity index (χ3v) is 8.01. The van der Waals surface area contributed by atoms with Crippen LogP contribution in [0.4, 0.5) is 10.3 Å². The Labute approximate surface area is 221 Å². The van der Waals surface area contributed by atoms with Crippen molar-refractivity contribution in [1.29, 1.82) is 0 Å².